The summed E-state index contributed by atoms with van der Waals surface area (Å²) in [5.41, 5.74) is 1.02. The van der Waals surface area contributed by atoms with Crippen molar-refractivity contribution < 1.29 is 14.3 Å². The highest BCUT2D eigenvalue weighted by molar-refractivity contribution is 5.85. The predicted molar refractivity (Wildman–Crippen MR) is 102 cm³/mol. The lowest BCUT2D eigenvalue weighted by Crippen LogP contribution is -2.42. The van der Waals surface area contributed by atoms with Crippen LogP contribution in [-0.2, 0) is 11.2 Å². The molecule has 4 rings (SSSR count). The molecule has 1 unspecified atom stereocenters. The number of ether oxygens (including phenoxy) is 2. The average molecular weight is 347 g/mol. The Morgan fingerprint density at radius 2 is 1.73 bits per heavy atom. The number of rotatable bonds is 4. The van der Waals surface area contributed by atoms with Crippen molar-refractivity contribution in [3.05, 3.63) is 72.3 Å². The Morgan fingerprint density at radius 3 is 2.58 bits per heavy atom. The van der Waals surface area contributed by atoms with Gasteiger partial charge in [0.2, 0.25) is 5.91 Å². The molecule has 0 radical (unpaired) electrons. The van der Waals surface area contributed by atoms with Gasteiger partial charge in [-0.3, -0.25) is 4.79 Å². The number of carbonyl (C=O) groups is 1. The van der Waals surface area contributed by atoms with E-state index in [1.54, 1.807) is 4.90 Å². The summed E-state index contributed by atoms with van der Waals surface area (Å²) < 4.78 is 11.7. The molecule has 4 heteroatoms. The fourth-order valence-electron chi connectivity index (χ4n) is 3.22. The number of likely N-dealkylation sites (N-methyl/N-ethyl adjacent to an activating group) is 1. The Bertz CT molecular complexity index is 937. The van der Waals surface area contributed by atoms with Crippen LogP contribution in [0.25, 0.3) is 10.8 Å². The van der Waals surface area contributed by atoms with Crippen molar-refractivity contribution in [2.24, 2.45) is 0 Å². The van der Waals surface area contributed by atoms with Gasteiger partial charge < -0.3 is 14.4 Å². The van der Waals surface area contributed by atoms with Gasteiger partial charge in [-0.2, -0.15) is 0 Å². The minimum Gasteiger partial charge on any atom is -0.486 e. The predicted octanol–water partition coefficient (Wildman–Crippen LogP) is 3.68. The zero-order valence-electron chi connectivity index (χ0n) is 14.7. The highest BCUT2D eigenvalue weighted by Gasteiger charge is 2.23. The largest absolute Gasteiger partial charge is 0.486 e. The Hall–Kier alpha value is -3.01. The number of amides is 1. The third-order valence-corrected chi connectivity index (χ3v) is 4.64. The van der Waals surface area contributed by atoms with E-state index in [2.05, 4.69) is 24.3 Å². The first-order chi connectivity index (χ1) is 12.7. The van der Waals surface area contributed by atoms with Gasteiger partial charge in [-0.05, 0) is 28.5 Å². The molecule has 3 aromatic rings. The quantitative estimate of drug-likeness (QED) is 0.723. The molecule has 1 atom stereocenters. The summed E-state index contributed by atoms with van der Waals surface area (Å²) in [4.78, 5) is 14.3. The molecule has 0 aromatic heterocycles. The van der Waals surface area contributed by atoms with Gasteiger partial charge in [0.25, 0.3) is 0 Å². The molecule has 4 nitrogen and oxygen atoms in total. The lowest BCUT2D eigenvalue weighted by Gasteiger charge is -2.29. The van der Waals surface area contributed by atoms with E-state index in [4.69, 9.17) is 9.47 Å². The summed E-state index contributed by atoms with van der Waals surface area (Å²) in [6.07, 6.45) is 0.223. The third kappa shape index (κ3) is 3.49. The van der Waals surface area contributed by atoms with Crippen molar-refractivity contribution in [1.82, 2.24) is 4.90 Å². The monoisotopic (exact) mass is 347 g/mol. The van der Waals surface area contributed by atoms with Gasteiger partial charge >= 0.3 is 0 Å². The van der Waals surface area contributed by atoms with Crippen LogP contribution in [0.4, 0.5) is 0 Å². The van der Waals surface area contributed by atoms with Crippen molar-refractivity contribution in [2.75, 3.05) is 20.2 Å². The first-order valence-electron chi connectivity index (χ1n) is 8.79. The summed E-state index contributed by atoms with van der Waals surface area (Å²) in [7, 11) is 1.81. The fourth-order valence-corrected chi connectivity index (χ4v) is 3.22. The van der Waals surface area contributed by atoms with E-state index in [0.717, 1.165) is 22.4 Å². The number of hydrogen-bond donors (Lipinski definition) is 0. The number of benzene rings is 3. The maximum absolute atomic E-state index is 12.6. The molecule has 0 saturated heterocycles. The van der Waals surface area contributed by atoms with Gasteiger partial charge in [0, 0.05) is 7.05 Å². The number of fused-ring (bicyclic) bond motifs is 2. The van der Waals surface area contributed by atoms with Crippen molar-refractivity contribution in [2.45, 2.75) is 12.5 Å². The SMILES string of the molecule is CN(CC1COc2ccccc2O1)C(=O)Cc1ccc2ccccc2c1. The Balaban J connectivity index is 1.38. The summed E-state index contributed by atoms with van der Waals surface area (Å²) in [6.45, 7) is 0.950. The maximum Gasteiger partial charge on any atom is 0.226 e. The van der Waals surface area contributed by atoms with Crippen LogP contribution in [0.15, 0.2) is 66.7 Å². The fraction of sp³-hybridized carbons (Fsp3) is 0.227. The summed E-state index contributed by atoms with van der Waals surface area (Å²) in [5.74, 6) is 1.57. The van der Waals surface area contributed by atoms with Gasteiger partial charge in [0.05, 0.1) is 13.0 Å². The van der Waals surface area contributed by atoms with Crippen LogP contribution in [0.1, 0.15) is 5.56 Å². The lowest BCUT2D eigenvalue weighted by atomic mass is 10.0. The van der Waals surface area contributed by atoms with E-state index in [9.17, 15) is 4.79 Å². The number of para-hydroxylation sites is 2. The number of nitrogens with zero attached hydrogens (tertiary/aromatic N) is 1. The smallest absolute Gasteiger partial charge is 0.226 e. The van der Waals surface area contributed by atoms with E-state index < -0.39 is 0 Å². The first kappa shape index (κ1) is 16.5. The number of carbonyl (C=O) groups excluding carboxylic acids is 1. The molecule has 3 aromatic carbocycles. The minimum atomic E-state index is -0.157. The van der Waals surface area contributed by atoms with E-state index in [-0.39, 0.29) is 12.0 Å². The molecule has 1 amide bonds. The zero-order chi connectivity index (χ0) is 17.9. The standard InChI is InChI=1S/C22H21NO3/c1-23(14-19-15-25-20-8-4-5-9-21(20)26-19)22(24)13-16-10-11-17-6-2-3-7-18(17)12-16/h2-12,19H,13-15H2,1H3. The first-order valence-corrected chi connectivity index (χ1v) is 8.79. The van der Waals surface area contributed by atoms with Crippen LogP contribution in [0, 0.1) is 0 Å². The zero-order valence-corrected chi connectivity index (χ0v) is 14.7. The van der Waals surface area contributed by atoms with Gasteiger partial charge in [-0.1, -0.05) is 54.6 Å². The second-order valence-electron chi connectivity index (χ2n) is 6.63. The van der Waals surface area contributed by atoms with Crippen LogP contribution in [-0.4, -0.2) is 37.1 Å². The highest BCUT2D eigenvalue weighted by atomic mass is 16.6. The molecular weight excluding hydrogens is 326 g/mol. The van der Waals surface area contributed by atoms with Crippen molar-refractivity contribution in [3.8, 4) is 11.5 Å². The van der Waals surface area contributed by atoms with E-state index >= 15 is 0 Å². The lowest BCUT2D eigenvalue weighted by molar-refractivity contribution is -0.130. The summed E-state index contributed by atoms with van der Waals surface area (Å²) in [5, 5.41) is 2.34. The highest BCUT2D eigenvalue weighted by Crippen LogP contribution is 2.31. The molecule has 26 heavy (non-hydrogen) atoms. The van der Waals surface area contributed by atoms with E-state index in [0.29, 0.717) is 19.6 Å². The molecule has 132 valence electrons. The van der Waals surface area contributed by atoms with Gasteiger partial charge in [0.1, 0.15) is 6.61 Å². The van der Waals surface area contributed by atoms with Crippen LogP contribution in [0.5, 0.6) is 11.5 Å². The molecule has 0 bridgehead atoms. The van der Waals surface area contributed by atoms with Crippen LogP contribution in [0.2, 0.25) is 0 Å². The molecule has 1 aliphatic heterocycles. The molecule has 0 spiro atoms. The Labute approximate surface area is 153 Å². The average Bonchev–Trinajstić information content (AvgIpc) is 2.67. The summed E-state index contributed by atoms with van der Waals surface area (Å²) in [6, 6.07) is 21.9. The van der Waals surface area contributed by atoms with Crippen molar-refractivity contribution in [1.29, 1.82) is 0 Å². The van der Waals surface area contributed by atoms with Gasteiger partial charge in [0.15, 0.2) is 17.6 Å². The van der Waals surface area contributed by atoms with Gasteiger partial charge in [-0.25, -0.2) is 0 Å². The maximum atomic E-state index is 12.6. The van der Waals surface area contributed by atoms with Crippen LogP contribution in [0.3, 0.4) is 0 Å². The van der Waals surface area contributed by atoms with E-state index in [1.165, 1.54) is 5.39 Å². The topological polar surface area (TPSA) is 38.8 Å². The molecule has 0 aliphatic carbocycles. The second-order valence-corrected chi connectivity index (χ2v) is 6.63. The van der Waals surface area contributed by atoms with Crippen molar-refractivity contribution in [3.63, 3.8) is 0 Å². The van der Waals surface area contributed by atoms with Crippen LogP contribution < -0.4 is 9.47 Å². The molecule has 1 aliphatic rings. The Morgan fingerprint density at radius 1 is 1.00 bits per heavy atom. The number of hydrogen-bond acceptors (Lipinski definition) is 3. The minimum absolute atomic E-state index is 0.0720. The summed E-state index contributed by atoms with van der Waals surface area (Å²) >= 11 is 0. The molecule has 0 N–H and O–H groups in total. The van der Waals surface area contributed by atoms with Gasteiger partial charge in [-0.15, -0.1) is 0 Å². The molecular formula is C22H21NO3. The molecule has 0 fully saturated rings. The second kappa shape index (κ2) is 7.08. The molecule has 1 heterocycles. The third-order valence-electron chi connectivity index (χ3n) is 4.64. The van der Waals surface area contributed by atoms with Crippen molar-refractivity contribution >= 4 is 16.7 Å². The van der Waals surface area contributed by atoms with E-state index in [1.807, 2.05) is 49.5 Å². The Kier molecular flexibility index (Phi) is 4.48. The van der Waals surface area contributed by atoms with Crippen LogP contribution >= 0.6 is 0 Å². The normalized spacial score (nSPS) is 15.7. The molecule has 0 saturated carbocycles.